The van der Waals surface area contributed by atoms with Gasteiger partial charge < -0.3 is 19.7 Å². The number of para-hydroxylation sites is 2. The van der Waals surface area contributed by atoms with Gasteiger partial charge >= 0.3 is 0 Å². The van der Waals surface area contributed by atoms with E-state index in [1.54, 1.807) is 48.5 Å². The Morgan fingerprint density at radius 2 is 1.66 bits per heavy atom. The maximum Gasteiger partial charge on any atom is 0.238 e. The van der Waals surface area contributed by atoms with Crippen molar-refractivity contribution in [2.24, 2.45) is 5.92 Å². The summed E-state index contributed by atoms with van der Waals surface area (Å²) in [6.07, 6.45) is 3.77. The molecule has 7 rings (SSSR count). The van der Waals surface area contributed by atoms with E-state index in [-0.39, 0.29) is 24.1 Å². The van der Waals surface area contributed by atoms with Gasteiger partial charge in [-0.3, -0.25) is 14.4 Å². The number of anilines is 1. The van der Waals surface area contributed by atoms with Gasteiger partial charge in [0.25, 0.3) is 0 Å². The zero-order valence-corrected chi connectivity index (χ0v) is 23.8. The molecule has 1 fully saturated rings. The minimum absolute atomic E-state index is 0.131. The summed E-state index contributed by atoms with van der Waals surface area (Å²) in [7, 11) is 1.50. The van der Waals surface area contributed by atoms with Crippen LogP contribution in [0.15, 0.2) is 103 Å². The Labute approximate surface area is 254 Å². The summed E-state index contributed by atoms with van der Waals surface area (Å²) < 4.78 is 11.0. The highest BCUT2D eigenvalue weighted by molar-refractivity contribution is 6.17. The predicted octanol–water partition coefficient (Wildman–Crippen LogP) is 5.58. The van der Waals surface area contributed by atoms with Gasteiger partial charge in [-0.1, -0.05) is 54.6 Å². The number of ether oxygens (including phenoxy) is 2. The third-order valence-corrected chi connectivity index (χ3v) is 8.94. The Morgan fingerprint density at radius 1 is 0.932 bits per heavy atom. The summed E-state index contributed by atoms with van der Waals surface area (Å²) in [5.41, 5.74) is 2.28. The molecule has 4 atom stereocenters. The molecule has 8 heteroatoms. The highest BCUT2D eigenvalue weighted by atomic mass is 16.5. The van der Waals surface area contributed by atoms with Crippen molar-refractivity contribution >= 4 is 29.2 Å². The fraction of sp³-hybridized carbons (Fsp3) is 0.167. The Balaban J connectivity index is 1.49. The van der Waals surface area contributed by atoms with Crippen molar-refractivity contribution in [2.45, 2.75) is 17.5 Å². The maximum absolute atomic E-state index is 14.9. The van der Waals surface area contributed by atoms with Crippen LogP contribution in [0.4, 0.5) is 5.69 Å². The summed E-state index contributed by atoms with van der Waals surface area (Å²) in [5.74, 6) is -1.30. The first kappa shape index (κ1) is 27.2. The molecule has 3 heterocycles. The molecule has 3 aliphatic heterocycles. The van der Waals surface area contributed by atoms with Crippen LogP contribution in [-0.4, -0.2) is 42.1 Å². The van der Waals surface area contributed by atoms with Crippen LogP contribution in [0.5, 0.6) is 11.5 Å². The summed E-state index contributed by atoms with van der Waals surface area (Å²) in [6.45, 7) is -0.131. The molecular weight excluding hydrogens is 554 g/mol. The molecule has 44 heavy (non-hydrogen) atoms. The first-order valence-corrected chi connectivity index (χ1v) is 14.3. The molecule has 4 aromatic carbocycles. The number of nitrogens with zero attached hydrogens (tertiary/aromatic N) is 2. The molecule has 1 spiro atoms. The summed E-state index contributed by atoms with van der Waals surface area (Å²) >= 11 is 0. The van der Waals surface area contributed by atoms with Crippen LogP contribution in [0.25, 0.3) is 6.08 Å². The Bertz CT molecular complexity index is 1890. The van der Waals surface area contributed by atoms with Crippen LogP contribution in [0.3, 0.4) is 0 Å². The lowest BCUT2D eigenvalue weighted by Gasteiger charge is -2.38. The molecule has 4 aromatic rings. The number of amides is 1. The largest absolute Gasteiger partial charge is 0.496 e. The minimum atomic E-state index is -1.44. The number of ketones is 2. The fourth-order valence-corrected chi connectivity index (χ4v) is 7.19. The molecule has 1 saturated heterocycles. The van der Waals surface area contributed by atoms with Crippen molar-refractivity contribution in [3.63, 3.8) is 0 Å². The second kappa shape index (κ2) is 10.5. The molecule has 0 unspecified atom stereocenters. The molecule has 216 valence electrons. The molecule has 0 saturated carbocycles. The van der Waals surface area contributed by atoms with E-state index in [1.807, 2.05) is 71.8 Å². The van der Waals surface area contributed by atoms with Crippen molar-refractivity contribution in [3.05, 3.63) is 131 Å². The molecule has 1 amide bonds. The minimum Gasteiger partial charge on any atom is -0.496 e. The number of benzene rings is 4. The van der Waals surface area contributed by atoms with E-state index in [1.165, 1.54) is 7.11 Å². The fourth-order valence-electron chi connectivity index (χ4n) is 7.19. The third kappa shape index (κ3) is 3.86. The van der Waals surface area contributed by atoms with E-state index < -0.39 is 23.4 Å². The summed E-state index contributed by atoms with van der Waals surface area (Å²) in [4.78, 5) is 46.2. The normalized spacial score (nSPS) is 22.4. The quantitative estimate of drug-likeness (QED) is 0.284. The molecule has 0 aliphatic carbocycles. The molecule has 1 N–H and O–H groups in total. The first-order valence-electron chi connectivity index (χ1n) is 14.3. The number of nitrogens with one attached hydrogen (secondary N) is 1. The van der Waals surface area contributed by atoms with Crippen molar-refractivity contribution < 1.29 is 23.9 Å². The lowest BCUT2D eigenvalue weighted by atomic mass is 9.62. The monoisotopic (exact) mass is 581 g/mol. The summed E-state index contributed by atoms with van der Waals surface area (Å²) in [6, 6.07) is 28.8. The molecular formula is C36H27N3O5. The number of hydrogen-bond donors (Lipinski definition) is 1. The molecule has 8 nitrogen and oxygen atoms in total. The van der Waals surface area contributed by atoms with E-state index in [9.17, 15) is 14.4 Å². The highest BCUT2D eigenvalue weighted by Crippen LogP contribution is 2.62. The van der Waals surface area contributed by atoms with Crippen LogP contribution in [0.2, 0.25) is 0 Å². The maximum atomic E-state index is 14.9. The van der Waals surface area contributed by atoms with Gasteiger partial charge in [-0.2, -0.15) is 5.26 Å². The number of Topliss-reactive ketones (excluding diaryl/α,β-unsaturated/α-hetero) is 2. The van der Waals surface area contributed by atoms with Gasteiger partial charge in [-0.15, -0.1) is 0 Å². The topological polar surface area (TPSA) is 109 Å². The lowest BCUT2D eigenvalue weighted by Crippen LogP contribution is -2.49. The Hall–Kier alpha value is -5.68. The number of carbonyl (C=O) groups excluding carboxylic acids is 3. The van der Waals surface area contributed by atoms with Crippen molar-refractivity contribution in [2.75, 3.05) is 19.0 Å². The zero-order chi connectivity index (χ0) is 30.4. The van der Waals surface area contributed by atoms with E-state index in [0.717, 1.165) is 11.1 Å². The van der Waals surface area contributed by atoms with Gasteiger partial charge in [-0.25, -0.2) is 0 Å². The SMILES string of the molecule is COc1ccccc1C(=O)[C@@H]1[C@H](C(=O)c2ccc(OCC#N)cc2)[C@]2(C(=O)Nc3ccccc32)[C@H]2c3ccccc3C=CN12. The smallest absolute Gasteiger partial charge is 0.238 e. The second-order valence-electron chi connectivity index (χ2n) is 11.0. The van der Waals surface area contributed by atoms with Gasteiger partial charge in [0, 0.05) is 17.5 Å². The van der Waals surface area contributed by atoms with E-state index in [0.29, 0.717) is 33.9 Å². The standard InChI is InChI=1S/C36H27N3O5/c1-43-29-13-7-4-10-26(29)33(41)31-30(32(40)23-14-16-24(17-15-23)44-21-19-37)36(27-11-5-6-12-28(27)38-35(36)42)34-25-9-3-2-8-22(25)18-20-39(31)34/h2-18,20,30-31,34H,21H2,1H3,(H,38,42)/t30-,31+,34-,36+/m1/s1. The van der Waals surface area contributed by atoms with Crippen LogP contribution in [-0.2, 0) is 10.2 Å². The van der Waals surface area contributed by atoms with Gasteiger partial charge in [0.05, 0.1) is 24.6 Å². The number of rotatable bonds is 7. The third-order valence-electron chi connectivity index (χ3n) is 8.94. The van der Waals surface area contributed by atoms with Gasteiger partial charge in [0.1, 0.15) is 29.0 Å². The Kier molecular flexibility index (Phi) is 6.51. The molecule has 3 aliphatic rings. The number of nitriles is 1. The highest BCUT2D eigenvalue weighted by Gasteiger charge is 2.70. The number of carbonyl (C=O) groups is 3. The van der Waals surface area contributed by atoms with Crippen molar-refractivity contribution in [3.8, 4) is 17.6 Å². The van der Waals surface area contributed by atoms with Crippen LogP contribution in [0, 0.1) is 17.2 Å². The number of hydrogen-bond acceptors (Lipinski definition) is 7. The number of methoxy groups -OCH3 is 1. The van der Waals surface area contributed by atoms with E-state index in [2.05, 4.69) is 5.32 Å². The second-order valence-corrected chi connectivity index (χ2v) is 11.0. The Morgan fingerprint density at radius 3 is 2.45 bits per heavy atom. The molecule has 0 aromatic heterocycles. The average Bonchev–Trinajstić information content (AvgIpc) is 3.55. The van der Waals surface area contributed by atoms with Gasteiger partial charge in [0.2, 0.25) is 5.91 Å². The van der Waals surface area contributed by atoms with Gasteiger partial charge in [-0.05, 0) is 65.2 Å². The molecule has 0 radical (unpaired) electrons. The average molecular weight is 582 g/mol. The van der Waals surface area contributed by atoms with Gasteiger partial charge in [0.15, 0.2) is 18.2 Å². The molecule has 0 bridgehead atoms. The van der Waals surface area contributed by atoms with Crippen LogP contribution in [0.1, 0.15) is 43.4 Å². The van der Waals surface area contributed by atoms with Crippen LogP contribution < -0.4 is 14.8 Å². The van der Waals surface area contributed by atoms with Crippen molar-refractivity contribution in [1.82, 2.24) is 4.90 Å². The van der Waals surface area contributed by atoms with Crippen molar-refractivity contribution in [1.29, 1.82) is 5.26 Å². The zero-order valence-electron chi connectivity index (χ0n) is 23.8. The lowest BCUT2D eigenvalue weighted by molar-refractivity contribution is -0.122. The van der Waals surface area contributed by atoms with Crippen LogP contribution >= 0.6 is 0 Å². The predicted molar refractivity (Wildman–Crippen MR) is 163 cm³/mol. The van der Waals surface area contributed by atoms with E-state index >= 15 is 0 Å². The number of fused-ring (bicyclic) bond motifs is 6. The first-order chi connectivity index (χ1) is 21.5. The van der Waals surface area contributed by atoms with E-state index in [4.69, 9.17) is 14.7 Å². The summed E-state index contributed by atoms with van der Waals surface area (Å²) in [5, 5.41) is 12.0.